The summed E-state index contributed by atoms with van der Waals surface area (Å²) in [5.74, 6) is 0. The van der Waals surface area contributed by atoms with E-state index in [4.69, 9.17) is 0 Å². The second kappa shape index (κ2) is 5.46. The van der Waals surface area contributed by atoms with E-state index in [0.717, 1.165) is 14.2 Å². The highest BCUT2D eigenvalue weighted by atomic mass is 31.1. The molecule has 1 aliphatic rings. The van der Waals surface area contributed by atoms with E-state index in [0.29, 0.717) is 0 Å². The van der Waals surface area contributed by atoms with Crippen LogP contribution >= 0.6 is 8.58 Å². The highest BCUT2D eigenvalue weighted by Gasteiger charge is 2.10. The van der Waals surface area contributed by atoms with E-state index in [1.807, 2.05) is 0 Å². The van der Waals surface area contributed by atoms with Gasteiger partial charge in [-0.2, -0.15) is 0 Å². The van der Waals surface area contributed by atoms with Crippen molar-refractivity contribution in [2.75, 3.05) is 0 Å². The number of benzene rings is 1. The number of hydrogen-bond acceptors (Lipinski definition) is 0. The second-order valence-electron chi connectivity index (χ2n) is 4.59. The van der Waals surface area contributed by atoms with Gasteiger partial charge in [0.1, 0.15) is 0 Å². The maximum absolute atomic E-state index is 2.31. The molecule has 84 valence electrons. The molecule has 0 aromatic heterocycles. The third-order valence-corrected chi connectivity index (χ3v) is 4.44. The number of hydrogen-bond donors (Lipinski definition) is 0. The highest BCUT2D eigenvalue weighted by Crippen LogP contribution is 2.29. The maximum atomic E-state index is 2.31. The van der Waals surface area contributed by atoms with Crippen LogP contribution in [-0.2, 0) is 0 Å². The molecule has 0 amide bonds. The fourth-order valence-electron chi connectivity index (χ4n) is 2.01. The standard InChI is InChI=1S/C15H19P/c1-12-7-9-14(10-8-12)16-15-6-4-3-5-13(2)11-15/h3-5,7-10,15-16H,6,11H2,1-2H3. The molecule has 2 unspecified atom stereocenters. The van der Waals surface area contributed by atoms with Crippen LogP contribution in [0.15, 0.2) is 48.1 Å². The van der Waals surface area contributed by atoms with Gasteiger partial charge < -0.3 is 0 Å². The van der Waals surface area contributed by atoms with E-state index < -0.39 is 0 Å². The summed E-state index contributed by atoms with van der Waals surface area (Å²) >= 11 is 0. The average Bonchev–Trinajstić information content (AvgIpc) is 2.46. The molecule has 2 atom stereocenters. The summed E-state index contributed by atoms with van der Waals surface area (Å²) < 4.78 is 0. The Labute approximate surface area is 100 Å². The molecule has 0 saturated carbocycles. The fourth-order valence-corrected chi connectivity index (χ4v) is 3.52. The van der Waals surface area contributed by atoms with Gasteiger partial charge in [-0.1, -0.05) is 62.2 Å². The minimum Gasteiger partial charge on any atom is -0.0866 e. The molecule has 1 aromatic carbocycles. The summed E-state index contributed by atoms with van der Waals surface area (Å²) in [7, 11) is 0.939. The van der Waals surface area contributed by atoms with Crippen molar-refractivity contribution in [1.29, 1.82) is 0 Å². The van der Waals surface area contributed by atoms with Gasteiger partial charge in [-0.05, 0) is 37.7 Å². The maximum Gasteiger partial charge on any atom is -0.0124 e. The molecule has 1 aliphatic carbocycles. The minimum absolute atomic E-state index is 0.803. The van der Waals surface area contributed by atoms with Gasteiger partial charge in [0.2, 0.25) is 0 Å². The second-order valence-corrected chi connectivity index (χ2v) is 6.27. The van der Waals surface area contributed by atoms with E-state index in [1.165, 1.54) is 29.3 Å². The zero-order valence-electron chi connectivity index (χ0n) is 10.0. The number of aryl methyl sites for hydroxylation is 1. The molecule has 0 saturated heterocycles. The molecule has 0 N–H and O–H groups in total. The Morgan fingerprint density at radius 3 is 2.62 bits per heavy atom. The van der Waals surface area contributed by atoms with E-state index in [-0.39, 0.29) is 0 Å². The zero-order chi connectivity index (χ0) is 11.4. The molecule has 0 spiro atoms. The Morgan fingerprint density at radius 2 is 1.88 bits per heavy atom. The molecular formula is C15H19P. The zero-order valence-corrected chi connectivity index (χ0v) is 11.0. The Bertz CT molecular complexity index is 398. The van der Waals surface area contributed by atoms with E-state index in [1.54, 1.807) is 0 Å². The minimum atomic E-state index is 0.803. The van der Waals surface area contributed by atoms with Crippen molar-refractivity contribution in [3.8, 4) is 0 Å². The van der Waals surface area contributed by atoms with Gasteiger partial charge in [0.25, 0.3) is 0 Å². The lowest BCUT2D eigenvalue weighted by molar-refractivity contribution is 0.860. The van der Waals surface area contributed by atoms with Crippen LogP contribution in [0, 0.1) is 6.92 Å². The van der Waals surface area contributed by atoms with Crippen molar-refractivity contribution < 1.29 is 0 Å². The predicted octanol–water partition coefficient (Wildman–Crippen LogP) is 3.96. The quantitative estimate of drug-likeness (QED) is 0.674. The van der Waals surface area contributed by atoms with E-state index >= 15 is 0 Å². The van der Waals surface area contributed by atoms with Crippen LogP contribution in [0.3, 0.4) is 0 Å². The Balaban J connectivity index is 2.01. The van der Waals surface area contributed by atoms with Crippen molar-refractivity contribution in [1.82, 2.24) is 0 Å². The molecule has 1 aromatic rings. The fraction of sp³-hybridized carbons (Fsp3) is 0.333. The molecule has 16 heavy (non-hydrogen) atoms. The van der Waals surface area contributed by atoms with Gasteiger partial charge in [-0.3, -0.25) is 0 Å². The lowest BCUT2D eigenvalue weighted by Gasteiger charge is -2.14. The van der Waals surface area contributed by atoms with Crippen LogP contribution in [0.1, 0.15) is 25.3 Å². The molecule has 1 heteroatoms. The first kappa shape index (κ1) is 11.6. The Kier molecular flexibility index (Phi) is 3.96. The smallest absolute Gasteiger partial charge is 0.0124 e. The average molecular weight is 230 g/mol. The van der Waals surface area contributed by atoms with Gasteiger partial charge in [0.05, 0.1) is 0 Å². The van der Waals surface area contributed by atoms with Crippen LogP contribution in [-0.4, -0.2) is 5.66 Å². The van der Waals surface area contributed by atoms with Crippen molar-refractivity contribution in [2.45, 2.75) is 32.3 Å². The number of allylic oxidation sites excluding steroid dienone is 4. The normalized spacial score (nSPS) is 21.1. The van der Waals surface area contributed by atoms with E-state index in [2.05, 4.69) is 56.3 Å². The first-order chi connectivity index (χ1) is 7.74. The van der Waals surface area contributed by atoms with Crippen molar-refractivity contribution >= 4 is 13.9 Å². The Hall–Kier alpha value is -0.870. The summed E-state index contributed by atoms with van der Waals surface area (Å²) in [5.41, 5.74) is 3.67. The summed E-state index contributed by atoms with van der Waals surface area (Å²) in [6.45, 7) is 4.39. The molecule has 0 bridgehead atoms. The number of rotatable bonds is 2. The van der Waals surface area contributed by atoms with Crippen LogP contribution in [0.5, 0.6) is 0 Å². The molecule has 2 rings (SSSR count). The van der Waals surface area contributed by atoms with E-state index in [9.17, 15) is 0 Å². The molecule has 0 fully saturated rings. The molecule has 0 radical (unpaired) electrons. The third kappa shape index (κ3) is 3.32. The summed E-state index contributed by atoms with van der Waals surface area (Å²) in [4.78, 5) is 0. The largest absolute Gasteiger partial charge is 0.0866 e. The SMILES string of the molecule is CC1=CC=CCC(Pc2ccc(C)cc2)C1. The van der Waals surface area contributed by atoms with Crippen molar-refractivity contribution in [3.05, 3.63) is 53.6 Å². The topological polar surface area (TPSA) is 0 Å². The Morgan fingerprint density at radius 1 is 1.12 bits per heavy atom. The molecular weight excluding hydrogens is 211 g/mol. The first-order valence-electron chi connectivity index (χ1n) is 5.89. The summed E-state index contributed by atoms with van der Waals surface area (Å²) in [6.07, 6.45) is 9.23. The van der Waals surface area contributed by atoms with Gasteiger partial charge in [-0.25, -0.2) is 0 Å². The van der Waals surface area contributed by atoms with Gasteiger partial charge >= 0.3 is 0 Å². The summed E-state index contributed by atoms with van der Waals surface area (Å²) in [6, 6.07) is 9.00. The molecule has 0 heterocycles. The predicted molar refractivity (Wildman–Crippen MR) is 75.0 cm³/mol. The van der Waals surface area contributed by atoms with Crippen molar-refractivity contribution in [3.63, 3.8) is 0 Å². The monoisotopic (exact) mass is 230 g/mol. The molecule has 0 nitrogen and oxygen atoms in total. The lowest BCUT2D eigenvalue weighted by Crippen LogP contribution is -2.05. The summed E-state index contributed by atoms with van der Waals surface area (Å²) in [5, 5.41) is 1.50. The van der Waals surface area contributed by atoms with Crippen LogP contribution in [0.4, 0.5) is 0 Å². The van der Waals surface area contributed by atoms with Crippen LogP contribution in [0.25, 0.3) is 0 Å². The third-order valence-electron chi connectivity index (χ3n) is 2.93. The molecule has 0 aliphatic heterocycles. The lowest BCUT2D eigenvalue weighted by atomic mass is 10.1. The first-order valence-corrected chi connectivity index (χ1v) is 6.97. The van der Waals surface area contributed by atoms with Gasteiger partial charge in [-0.15, -0.1) is 0 Å². The van der Waals surface area contributed by atoms with Crippen LogP contribution in [0.2, 0.25) is 0 Å². The van der Waals surface area contributed by atoms with Crippen molar-refractivity contribution in [2.24, 2.45) is 0 Å². The van der Waals surface area contributed by atoms with Gasteiger partial charge in [0, 0.05) is 0 Å². The van der Waals surface area contributed by atoms with Crippen LogP contribution < -0.4 is 5.30 Å². The van der Waals surface area contributed by atoms with Gasteiger partial charge in [0.15, 0.2) is 0 Å². The highest BCUT2D eigenvalue weighted by molar-refractivity contribution is 7.48.